The highest BCUT2D eigenvalue weighted by molar-refractivity contribution is 5.85. The minimum absolute atomic E-state index is 0.184. The van der Waals surface area contributed by atoms with Gasteiger partial charge in [0.15, 0.2) is 0 Å². The summed E-state index contributed by atoms with van der Waals surface area (Å²) in [6, 6.07) is -1.50. The highest BCUT2D eigenvalue weighted by atomic mass is 16.5. The Balaban J connectivity index is 4.50. The summed E-state index contributed by atoms with van der Waals surface area (Å²) in [7, 11) is 0. The van der Waals surface area contributed by atoms with Gasteiger partial charge in [-0.05, 0) is 20.3 Å². The van der Waals surface area contributed by atoms with Crippen LogP contribution in [0.4, 0.5) is 4.79 Å². The maximum atomic E-state index is 11.9. The first-order valence-electron chi connectivity index (χ1n) is 6.90. The Morgan fingerprint density at radius 2 is 1.90 bits per heavy atom. The predicted molar refractivity (Wildman–Crippen MR) is 73.4 cm³/mol. The monoisotopic (exact) mass is 288 g/mol. The average molecular weight is 288 g/mol. The second-order valence-electron chi connectivity index (χ2n) is 4.30. The van der Waals surface area contributed by atoms with Gasteiger partial charge in [-0.1, -0.05) is 19.8 Å². The van der Waals surface area contributed by atoms with E-state index >= 15 is 0 Å². The summed E-state index contributed by atoms with van der Waals surface area (Å²) in [5, 5.41) is 11.5. The molecule has 2 N–H and O–H groups in total. The second-order valence-corrected chi connectivity index (χ2v) is 4.30. The minimum atomic E-state index is -1.07. The van der Waals surface area contributed by atoms with Crippen molar-refractivity contribution < 1.29 is 24.2 Å². The Morgan fingerprint density at radius 3 is 2.35 bits per heavy atom. The van der Waals surface area contributed by atoms with Gasteiger partial charge in [0.2, 0.25) is 0 Å². The third-order valence-electron chi connectivity index (χ3n) is 2.74. The number of carboxylic acid groups (broad SMARTS) is 1. The molecule has 7 heteroatoms. The molecule has 0 aliphatic heterocycles. The number of ether oxygens (including phenoxy) is 1. The van der Waals surface area contributed by atoms with E-state index in [4.69, 9.17) is 9.84 Å². The number of urea groups is 1. The number of esters is 1. The van der Waals surface area contributed by atoms with Crippen LogP contribution in [0.15, 0.2) is 0 Å². The van der Waals surface area contributed by atoms with Crippen molar-refractivity contribution >= 4 is 18.0 Å². The van der Waals surface area contributed by atoms with Crippen molar-refractivity contribution in [3.8, 4) is 0 Å². The summed E-state index contributed by atoms with van der Waals surface area (Å²) in [5.41, 5.74) is 0. The van der Waals surface area contributed by atoms with Crippen molar-refractivity contribution in [2.24, 2.45) is 0 Å². The van der Waals surface area contributed by atoms with Crippen molar-refractivity contribution in [3.05, 3.63) is 0 Å². The maximum Gasteiger partial charge on any atom is 0.326 e. The quantitative estimate of drug-likeness (QED) is 0.622. The molecule has 7 nitrogen and oxygen atoms in total. The predicted octanol–water partition coefficient (Wildman–Crippen LogP) is 1.22. The van der Waals surface area contributed by atoms with Crippen molar-refractivity contribution in [3.63, 3.8) is 0 Å². The van der Waals surface area contributed by atoms with Crippen LogP contribution >= 0.6 is 0 Å². The van der Waals surface area contributed by atoms with E-state index < -0.39 is 24.0 Å². The molecule has 0 radical (unpaired) electrons. The summed E-state index contributed by atoms with van der Waals surface area (Å²) in [6.07, 6.45) is 1.93. The normalized spacial score (nSPS) is 11.6. The van der Waals surface area contributed by atoms with Crippen LogP contribution in [0.5, 0.6) is 0 Å². The number of nitrogens with zero attached hydrogens (tertiary/aromatic N) is 1. The molecule has 0 aliphatic rings. The number of carbonyl (C=O) groups is 3. The number of carbonyl (C=O) groups excluding carboxylic acids is 2. The van der Waals surface area contributed by atoms with Crippen LogP contribution in [0.1, 0.15) is 40.0 Å². The van der Waals surface area contributed by atoms with Gasteiger partial charge in [-0.15, -0.1) is 0 Å². The van der Waals surface area contributed by atoms with Crippen LogP contribution in [0.3, 0.4) is 0 Å². The first-order chi connectivity index (χ1) is 9.46. The van der Waals surface area contributed by atoms with Gasteiger partial charge in [-0.2, -0.15) is 0 Å². The van der Waals surface area contributed by atoms with E-state index in [1.54, 1.807) is 13.8 Å². The topological polar surface area (TPSA) is 95.9 Å². The van der Waals surface area contributed by atoms with Gasteiger partial charge in [-0.3, -0.25) is 4.79 Å². The van der Waals surface area contributed by atoms with Gasteiger partial charge >= 0.3 is 18.0 Å². The summed E-state index contributed by atoms with van der Waals surface area (Å²) in [6.45, 7) is 5.69. The number of aliphatic carboxylic acids is 1. The lowest BCUT2D eigenvalue weighted by Gasteiger charge is -2.23. The third-order valence-corrected chi connectivity index (χ3v) is 2.74. The lowest BCUT2D eigenvalue weighted by molar-refractivity contribution is -0.143. The van der Waals surface area contributed by atoms with E-state index in [2.05, 4.69) is 5.32 Å². The van der Waals surface area contributed by atoms with Crippen molar-refractivity contribution in [2.45, 2.75) is 46.1 Å². The van der Waals surface area contributed by atoms with Gasteiger partial charge in [-0.25, -0.2) is 9.59 Å². The van der Waals surface area contributed by atoms with Crippen LogP contribution in [-0.4, -0.2) is 53.7 Å². The smallest absolute Gasteiger partial charge is 0.326 e. The number of nitrogens with one attached hydrogen (secondary N) is 1. The van der Waals surface area contributed by atoms with Crippen LogP contribution in [-0.2, 0) is 14.3 Å². The molecule has 0 saturated heterocycles. The molecule has 0 unspecified atom stereocenters. The zero-order chi connectivity index (χ0) is 15.5. The highest BCUT2D eigenvalue weighted by Gasteiger charge is 2.23. The first kappa shape index (κ1) is 18.2. The van der Waals surface area contributed by atoms with E-state index in [0.717, 1.165) is 6.42 Å². The van der Waals surface area contributed by atoms with Gasteiger partial charge in [0, 0.05) is 6.54 Å². The first-order valence-corrected chi connectivity index (χ1v) is 6.90. The molecular weight excluding hydrogens is 264 g/mol. The average Bonchev–Trinajstić information content (AvgIpc) is 2.40. The number of likely N-dealkylation sites (N-methyl/N-ethyl adjacent to an activating group) is 1. The molecule has 0 aromatic heterocycles. The molecule has 1 atom stereocenters. The Morgan fingerprint density at radius 1 is 1.25 bits per heavy atom. The highest BCUT2D eigenvalue weighted by Crippen LogP contribution is 2.02. The summed E-state index contributed by atoms with van der Waals surface area (Å²) in [5.74, 6) is -1.58. The van der Waals surface area contributed by atoms with Gasteiger partial charge in [0.25, 0.3) is 0 Å². The van der Waals surface area contributed by atoms with Gasteiger partial charge in [0.05, 0.1) is 6.61 Å². The SMILES string of the molecule is CCCC[C@H](NC(=O)N(CC)CC(=O)OCC)C(=O)O. The van der Waals surface area contributed by atoms with E-state index in [1.807, 2.05) is 6.92 Å². The fourth-order valence-electron chi connectivity index (χ4n) is 1.60. The number of hydrogen-bond acceptors (Lipinski definition) is 4. The van der Waals surface area contributed by atoms with Gasteiger partial charge < -0.3 is 20.1 Å². The molecule has 0 heterocycles. The Hall–Kier alpha value is -1.79. The zero-order valence-electron chi connectivity index (χ0n) is 12.3. The molecule has 116 valence electrons. The van der Waals surface area contributed by atoms with E-state index in [0.29, 0.717) is 19.4 Å². The van der Waals surface area contributed by atoms with Crippen LogP contribution in [0.25, 0.3) is 0 Å². The standard InChI is InChI=1S/C13H24N2O5/c1-4-7-8-10(12(17)18)14-13(19)15(5-2)9-11(16)20-6-3/h10H,4-9H2,1-3H3,(H,14,19)(H,17,18)/t10-/m0/s1. The minimum Gasteiger partial charge on any atom is -0.480 e. The molecule has 0 spiro atoms. The van der Waals surface area contributed by atoms with Gasteiger partial charge in [0.1, 0.15) is 12.6 Å². The Kier molecular flexibility index (Phi) is 9.15. The summed E-state index contributed by atoms with van der Waals surface area (Å²) < 4.78 is 4.76. The molecule has 20 heavy (non-hydrogen) atoms. The summed E-state index contributed by atoms with van der Waals surface area (Å²) in [4.78, 5) is 35.6. The van der Waals surface area contributed by atoms with Crippen LogP contribution in [0.2, 0.25) is 0 Å². The maximum absolute atomic E-state index is 11.9. The molecule has 2 amide bonds. The largest absolute Gasteiger partial charge is 0.480 e. The van der Waals surface area contributed by atoms with Crippen LogP contribution < -0.4 is 5.32 Å². The fraction of sp³-hybridized carbons (Fsp3) is 0.769. The number of unbranched alkanes of at least 4 members (excludes halogenated alkanes) is 1. The third kappa shape index (κ3) is 6.96. The van der Waals surface area contributed by atoms with Crippen LogP contribution in [0, 0.1) is 0 Å². The van der Waals surface area contributed by atoms with E-state index in [-0.39, 0.29) is 13.2 Å². The fourth-order valence-corrected chi connectivity index (χ4v) is 1.60. The number of carboxylic acids is 1. The number of rotatable bonds is 9. The molecule has 0 bridgehead atoms. The molecule has 0 saturated carbocycles. The summed E-state index contributed by atoms with van der Waals surface area (Å²) >= 11 is 0. The molecule has 0 aromatic carbocycles. The van der Waals surface area contributed by atoms with E-state index in [1.165, 1.54) is 4.90 Å². The number of amides is 2. The molecule has 0 rings (SSSR count). The number of hydrogen-bond donors (Lipinski definition) is 2. The second kappa shape index (κ2) is 10.1. The lowest BCUT2D eigenvalue weighted by Crippen LogP contribution is -2.49. The van der Waals surface area contributed by atoms with Crippen molar-refractivity contribution in [2.75, 3.05) is 19.7 Å². The zero-order valence-corrected chi connectivity index (χ0v) is 12.3. The molecule has 0 aromatic rings. The van der Waals surface area contributed by atoms with Crippen molar-refractivity contribution in [1.29, 1.82) is 0 Å². The van der Waals surface area contributed by atoms with E-state index in [9.17, 15) is 14.4 Å². The lowest BCUT2D eigenvalue weighted by atomic mass is 10.1. The van der Waals surface area contributed by atoms with Crippen molar-refractivity contribution in [1.82, 2.24) is 10.2 Å². The Bertz CT molecular complexity index is 333. The molecular formula is C13H24N2O5. The molecule has 0 aliphatic carbocycles. The molecule has 0 fully saturated rings. The Labute approximate surface area is 119 Å².